The van der Waals surface area contributed by atoms with E-state index in [-0.39, 0.29) is 12.1 Å². The Bertz CT molecular complexity index is 1250. The molecule has 1 fully saturated rings. The van der Waals surface area contributed by atoms with Crippen molar-refractivity contribution < 1.29 is 4.42 Å². The van der Waals surface area contributed by atoms with Gasteiger partial charge in [-0.25, -0.2) is 0 Å². The molecule has 0 radical (unpaired) electrons. The fraction of sp³-hybridized carbons (Fsp3) is 0.160. The van der Waals surface area contributed by atoms with Crippen LogP contribution in [0.2, 0.25) is 5.02 Å². The lowest BCUT2D eigenvalue weighted by atomic mass is 10.0. The van der Waals surface area contributed by atoms with Crippen LogP contribution < -0.4 is 5.32 Å². The maximum atomic E-state index is 6.42. The number of hydrogen-bond acceptors (Lipinski definition) is 4. The van der Waals surface area contributed by atoms with Crippen LogP contribution in [0.15, 0.2) is 83.7 Å². The van der Waals surface area contributed by atoms with E-state index in [1.807, 2.05) is 67.6 Å². The van der Waals surface area contributed by atoms with E-state index in [1.165, 1.54) is 0 Å². The van der Waals surface area contributed by atoms with Crippen molar-refractivity contribution in [2.24, 2.45) is 0 Å². The third kappa shape index (κ3) is 3.99. The van der Waals surface area contributed by atoms with Crippen LogP contribution in [-0.4, -0.2) is 20.0 Å². The summed E-state index contributed by atoms with van der Waals surface area (Å²) in [5.74, 6) is 1.60. The molecule has 5 nitrogen and oxygen atoms in total. The zero-order valence-corrected chi connectivity index (χ0v) is 19.0. The molecule has 1 aliphatic rings. The van der Waals surface area contributed by atoms with Crippen LogP contribution in [-0.2, 0) is 6.54 Å². The molecule has 0 saturated carbocycles. The molecule has 3 aromatic heterocycles. The third-order valence-electron chi connectivity index (χ3n) is 5.68. The number of furan rings is 1. The largest absolute Gasteiger partial charge is 0.459 e. The zero-order chi connectivity index (χ0) is 22.1. The minimum Gasteiger partial charge on any atom is -0.459 e. The van der Waals surface area contributed by atoms with Gasteiger partial charge in [-0.05, 0) is 78.8 Å². The van der Waals surface area contributed by atoms with Crippen LogP contribution in [0.3, 0.4) is 0 Å². The van der Waals surface area contributed by atoms with E-state index in [0.29, 0.717) is 16.7 Å². The number of nitrogens with one attached hydrogen (secondary N) is 1. The second-order valence-electron chi connectivity index (χ2n) is 7.77. The number of aromatic nitrogens is 2. The van der Waals surface area contributed by atoms with Crippen LogP contribution in [0, 0.1) is 6.92 Å². The molecule has 160 valence electrons. The summed E-state index contributed by atoms with van der Waals surface area (Å²) < 4.78 is 6.42. The first kappa shape index (κ1) is 20.7. The number of hydrogen-bond donors (Lipinski definition) is 1. The molecule has 0 bridgehead atoms. The number of halogens is 1. The van der Waals surface area contributed by atoms with Crippen molar-refractivity contribution in [1.82, 2.24) is 20.2 Å². The fourth-order valence-corrected chi connectivity index (χ4v) is 4.56. The monoisotopic (exact) mass is 460 g/mol. The lowest BCUT2D eigenvalue weighted by molar-refractivity contribution is 0.269. The molecule has 2 unspecified atom stereocenters. The van der Waals surface area contributed by atoms with E-state index < -0.39 is 0 Å². The smallest absolute Gasteiger partial charge is 0.170 e. The Labute approximate surface area is 197 Å². The van der Waals surface area contributed by atoms with Gasteiger partial charge in [0.2, 0.25) is 0 Å². The maximum Gasteiger partial charge on any atom is 0.170 e. The molecule has 4 heterocycles. The Hall–Kier alpha value is -3.22. The van der Waals surface area contributed by atoms with Gasteiger partial charge in [0.15, 0.2) is 5.11 Å². The normalized spacial score (nSPS) is 18.1. The van der Waals surface area contributed by atoms with Crippen molar-refractivity contribution in [2.45, 2.75) is 25.6 Å². The van der Waals surface area contributed by atoms with Crippen molar-refractivity contribution in [3.8, 4) is 11.3 Å². The molecule has 5 rings (SSSR count). The van der Waals surface area contributed by atoms with Crippen molar-refractivity contribution in [3.63, 3.8) is 0 Å². The molecule has 4 aromatic rings. The summed E-state index contributed by atoms with van der Waals surface area (Å²) in [6.07, 6.45) is 5.38. The summed E-state index contributed by atoms with van der Waals surface area (Å²) in [4.78, 5) is 10.9. The molecule has 0 aliphatic carbocycles. The highest BCUT2D eigenvalue weighted by atomic mass is 35.5. The molecule has 1 saturated heterocycles. The number of pyridine rings is 2. The van der Waals surface area contributed by atoms with Gasteiger partial charge in [-0.15, -0.1) is 0 Å². The van der Waals surface area contributed by atoms with Crippen molar-refractivity contribution >= 4 is 28.9 Å². The van der Waals surface area contributed by atoms with E-state index in [9.17, 15) is 0 Å². The van der Waals surface area contributed by atoms with Gasteiger partial charge in [-0.2, -0.15) is 0 Å². The molecule has 32 heavy (non-hydrogen) atoms. The number of aryl methyl sites for hydroxylation is 1. The van der Waals surface area contributed by atoms with Gasteiger partial charge in [0, 0.05) is 35.7 Å². The van der Waals surface area contributed by atoms with Crippen molar-refractivity contribution in [2.75, 3.05) is 0 Å². The third-order valence-corrected chi connectivity index (χ3v) is 6.27. The summed E-state index contributed by atoms with van der Waals surface area (Å²) in [5, 5.41) is 4.80. The van der Waals surface area contributed by atoms with Gasteiger partial charge in [0.1, 0.15) is 17.6 Å². The molecule has 2 atom stereocenters. The average molecular weight is 461 g/mol. The average Bonchev–Trinajstić information content (AvgIpc) is 3.42. The van der Waals surface area contributed by atoms with E-state index in [2.05, 4.69) is 20.2 Å². The first-order valence-electron chi connectivity index (χ1n) is 10.3. The van der Waals surface area contributed by atoms with Gasteiger partial charge in [0.05, 0.1) is 11.7 Å². The summed E-state index contributed by atoms with van der Waals surface area (Å²) in [6, 6.07) is 19.4. The lowest BCUT2D eigenvalue weighted by Crippen LogP contribution is -2.29. The van der Waals surface area contributed by atoms with Crippen LogP contribution in [0.25, 0.3) is 11.3 Å². The molecular formula is C25H21ClN4OS. The highest BCUT2D eigenvalue weighted by Gasteiger charge is 2.41. The first-order valence-corrected chi connectivity index (χ1v) is 11.1. The standard InChI is InChI=1S/C25H21ClN4OS/c1-16-5-6-18(26)14-19(16)21-7-8-22(31-21)24-23(20-4-2-3-11-28-20)29-25(32)30(24)15-17-9-12-27-13-10-17/h2-14,23-24H,15H2,1H3,(H,29,32). The molecule has 1 aromatic carbocycles. The predicted molar refractivity (Wildman–Crippen MR) is 129 cm³/mol. The summed E-state index contributed by atoms with van der Waals surface area (Å²) in [5.41, 5.74) is 4.11. The van der Waals surface area contributed by atoms with Crippen LogP contribution in [0.4, 0.5) is 0 Å². The van der Waals surface area contributed by atoms with Crippen LogP contribution >= 0.6 is 23.8 Å². The second kappa shape index (κ2) is 8.73. The quantitative estimate of drug-likeness (QED) is 0.376. The van der Waals surface area contributed by atoms with E-state index >= 15 is 0 Å². The van der Waals surface area contributed by atoms with Gasteiger partial charge >= 0.3 is 0 Å². The van der Waals surface area contributed by atoms with Crippen LogP contribution in [0.5, 0.6) is 0 Å². The fourth-order valence-electron chi connectivity index (χ4n) is 4.09. The van der Waals surface area contributed by atoms with Crippen molar-refractivity contribution in [1.29, 1.82) is 0 Å². The Morgan fingerprint density at radius 1 is 1.06 bits per heavy atom. The Morgan fingerprint density at radius 2 is 1.91 bits per heavy atom. The molecule has 1 aliphatic heterocycles. The molecule has 0 spiro atoms. The molecule has 7 heteroatoms. The lowest BCUT2D eigenvalue weighted by Gasteiger charge is -2.26. The minimum absolute atomic E-state index is 0.134. The second-order valence-corrected chi connectivity index (χ2v) is 8.59. The van der Waals surface area contributed by atoms with Crippen LogP contribution in [0.1, 0.15) is 34.7 Å². The molecule has 0 amide bonds. The van der Waals surface area contributed by atoms with E-state index in [4.69, 9.17) is 28.2 Å². The summed E-state index contributed by atoms with van der Waals surface area (Å²) >= 11 is 12.0. The van der Waals surface area contributed by atoms with Crippen molar-refractivity contribution in [3.05, 3.63) is 107 Å². The molecular weight excluding hydrogens is 440 g/mol. The van der Waals surface area contributed by atoms with E-state index in [1.54, 1.807) is 18.6 Å². The first-order chi connectivity index (χ1) is 15.6. The van der Waals surface area contributed by atoms with E-state index in [0.717, 1.165) is 33.9 Å². The SMILES string of the molecule is Cc1ccc(Cl)cc1-c1ccc(C2C(c3ccccn3)NC(=S)N2Cc2ccncc2)o1. The highest BCUT2D eigenvalue weighted by Crippen LogP contribution is 2.41. The Morgan fingerprint density at radius 3 is 2.69 bits per heavy atom. The maximum absolute atomic E-state index is 6.42. The number of benzene rings is 1. The number of nitrogens with zero attached hydrogens (tertiary/aromatic N) is 3. The van der Waals surface area contributed by atoms with Gasteiger partial charge < -0.3 is 14.6 Å². The van der Waals surface area contributed by atoms with Gasteiger partial charge in [-0.1, -0.05) is 23.7 Å². The topological polar surface area (TPSA) is 54.2 Å². The predicted octanol–water partition coefficient (Wildman–Crippen LogP) is 5.87. The zero-order valence-electron chi connectivity index (χ0n) is 17.4. The summed E-state index contributed by atoms with van der Waals surface area (Å²) in [6.45, 7) is 2.68. The highest BCUT2D eigenvalue weighted by molar-refractivity contribution is 7.80. The molecule has 1 N–H and O–H groups in total. The van der Waals surface area contributed by atoms with Gasteiger partial charge in [-0.3, -0.25) is 9.97 Å². The number of thiocarbonyl (C=S) groups is 1. The van der Waals surface area contributed by atoms with Gasteiger partial charge in [0.25, 0.3) is 0 Å². The minimum atomic E-state index is -0.154. The summed E-state index contributed by atoms with van der Waals surface area (Å²) in [7, 11) is 0. The number of rotatable bonds is 5. The Balaban J connectivity index is 1.56. The Kier molecular flexibility index (Phi) is 5.64.